The predicted octanol–water partition coefficient (Wildman–Crippen LogP) is 3.69. The molecule has 0 saturated carbocycles. The van der Waals surface area contributed by atoms with Gasteiger partial charge in [-0.2, -0.15) is 8.42 Å². The molecule has 7 heteroatoms. The number of rotatable bonds is 8. The summed E-state index contributed by atoms with van der Waals surface area (Å²) in [6.45, 7) is 2.21. The van der Waals surface area contributed by atoms with Gasteiger partial charge < -0.3 is 4.74 Å². The van der Waals surface area contributed by atoms with Crippen LogP contribution in [0.1, 0.15) is 51.9 Å². The van der Waals surface area contributed by atoms with E-state index in [1.165, 1.54) is 25.7 Å². The fourth-order valence-corrected chi connectivity index (χ4v) is 1.72. The van der Waals surface area contributed by atoms with Gasteiger partial charge >= 0.3 is 16.4 Å². The molecule has 0 aliphatic carbocycles. The molecule has 0 heterocycles. The molecule has 0 aliphatic rings. The highest BCUT2D eigenvalue weighted by atomic mass is 32.3. The van der Waals surface area contributed by atoms with Crippen LogP contribution >= 0.6 is 0 Å². The Bertz CT molecular complexity index is 490. The molecule has 1 rings (SSSR count). The number of carbonyl (C=O) groups excluding carboxylic acids is 1. The van der Waals surface area contributed by atoms with E-state index in [2.05, 4.69) is 6.92 Å². The van der Waals surface area contributed by atoms with E-state index in [1.54, 1.807) is 12.1 Å². The molecular formula is C15H24O6S. The van der Waals surface area contributed by atoms with Gasteiger partial charge in [0.05, 0.1) is 0 Å². The van der Waals surface area contributed by atoms with Crippen LogP contribution in [0.3, 0.4) is 0 Å². The second-order valence-electron chi connectivity index (χ2n) is 4.75. The molecule has 0 atom stereocenters. The Morgan fingerprint density at radius 1 is 1.00 bits per heavy atom. The van der Waals surface area contributed by atoms with Crippen LogP contribution in [0.25, 0.3) is 0 Å². The van der Waals surface area contributed by atoms with Crippen LogP contribution < -0.4 is 4.74 Å². The second kappa shape index (κ2) is 12.1. The third kappa shape index (κ3) is 16.6. The predicted molar refractivity (Wildman–Crippen MR) is 84.2 cm³/mol. The minimum Gasteiger partial charge on any atom is -0.427 e. The fourth-order valence-electron chi connectivity index (χ4n) is 1.72. The zero-order valence-corrected chi connectivity index (χ0v) is 13.6. The third-order valence-corrected chi connectivity index (χ3v) is 2.71. The van der Waals surface area contributed by atoms with E-state index >= 15 is 0 Å². The van der Waals surface area contributed by atoms with Crippen molar-refractivity contribution in [2.24, 2.45) is 0 Å². The van der Waals surface area contributed by atoms with Crippen LogP contribution in [0.15, 0.2) is 30.3 Å². The van der Waals surface area contributed by atoms with Crippen LogP contribution in [0.5, 0.6) is 5.75 Å². The van der Waals surface area contributed by atoms with Gasteiger partial charge in [-0.15, -0.1) is 0 Å². The molecule has 0 aliphatic heterocycles. The largest absolute Gasteiger partial charge is 0.427 e. The Morgan fingerprint density at radius 3 is 2.05 bits per heavy atom. The van der Waals surface area contributed by atoms with Crippen molar-refractivity contribution < 1.29 is 27.1 Å². The zero-order valence-electron chi connectivity index (χ0n) is 12.8. The highest BCUT2D eigenvalue weighted by molar-refractivity contribution is 7.79. The van der Waals surface area contributed by atoms with Gasteiger partial charge in [0.2, 0.25) is 0 Å². The summed E-state index contributed by atoms with van der Waals surface area (Å²) in [6, 6.07) is 9.25. The molecule has 1 aromatic rings. The van der Waals surface area contributed by atoms with E-state index in [-0.39, 0.29) is 5.97 Å². The van der Waals surface area contributed by atoms with Gasteiger partial charge in [0.15, 0.2) is 0 Å². The van der Waals surface area contributed by atoms with E-state index in [4.69, 9.17) is 22.3 Å². The first-order chi connectivity index (χ1) is 10.3. The maximum absolute atomic E-state index is 11.5. The van der Waals surface area contributed by atoms with Crippen LogP contribution in [-0.4, -0.2) is 23.5 Å². The Kier molecular flexibility index (Phi) is 11.3. The van der Waals surface area contributed by atoms with Crippen molar-refractivity contribution in [3.63, 3.8) is 0 Å². The molecule has 0 aromatic heterocycles. The smallest absolute Gasteiger partial charge is 0.394 e. The lowest BCUT2D eigenvalue weighted by atomic mass is 10.1. The number of benzene rings is 1. The monoisotopic (exact) mass is 332 g/mol. The number of esters is 1. The van der Waals surface area contributed by atoms with Gasteiger partial charge in [-0.05, 0) is 18.6 Å². The fraction of sp³-hybridized carbons (Fsp3) is 0.533. The van der Waals surface area contributed by atoms with Gasteiger partial charge in [-0.3, -0.25) is 13.9 Å². The van der Waals surface area contributed by atoms with E-state index in [0.29, 0.717) is 12.2 Å². The molecule has 0 bridgehead atoms. The number of unbranched alkanes of at least 4 members (excludes halogenated alkanes) is 5. The van der Waals surface area contributed by atoms with Crippen LogP contribution in [-0.2, 0) is 15.2 Å². The average molecular weight is 332 g/mol. The first-order valence-electron chi connectivity index (χ1n) is 7.28. The van der Waals surface area contributed by atoms with E-state index in [1.807, 2.05) is 18.2 Å². The Balaban J connectivity index is 0.000000763. The molecule has 0 spiro atoms. The molecule has 0 fully saturated rings. The topological polar surface area (TPSA) is 101 Å². The van der Waals surface area contributed by atoms with Crippen molar-refractivity contribution in [2.75, 3.05) is 0 Å². The van der Waals surface area contributed by atoms with Crippen molar-refractivity contribution in [3.8, 4) is 5.75 Å². The quantitative estimate of drug-likeness (QED) is 0.326. The zero-order chi connectivity index (χ0) is 16.8. The number of carbonyl (C=O) groups is 1. The van der Waals surface area contributed by atoms with Crippen LogP contribution in [0, 0.1) is 0 Å². The summed E-state index contributed by atoms with van der Waals surface area (Å²) < 4.78 is 36.8. The van der Waals surface area contributed by atoms with Crippen LogP contribution in [0.2, 0.25) is 0 Å². The molecule has 2 N–H and O–H groups in total. The summed E-state index contributed by atoms with van der Waals surface area (Å²) in [5.41, 5.74) is 0. The van der Waals surface area contributed by atoms with Crippen molar-refractivity contribution >= 4 is 16.4 Å². The van der Waals surface area contributed by atoms with Gasteiger partial charge in [0.25, 0.3) is 0 Å². The molecule has 126 valence electrons. The SMILES string of the molecule is CCCCCCCCC(=O)Oc1ccccc1.O=S(=O)(O)O. The average Bonchev–Trinajstić information content (AvgIpc) is 2.42. The minimum atomic E-state index is -4.67. The summed E-state index contributed by atoms with van der Waals surface area (Å²) >= 11 is 0. The molecule has 0 amide bonds. The molecule has 0 saturated heterocycles. The summed E-state index contributed by atoms with van der Waals surface area (Å²) in [7, 11) is -4.67. The first kappa shape index (κ1) is 20.6. The standard InChI is InChI=1S/C15H22O2.H2O4S/c1-2-3-4-5-6-10-13-15(16)17-14-11-8-7-9-12-14;1-5(2,3)4/h7-9,11-12H,2-6,10,13H2,1H3;(H2,1,2,3,4). The second-order valence-corrected chi connectivity index (χ2v) is 5.65. The number of ether oxygens (including phenoxy) is 1. The van der Waals surface area contributed by atoms with Crippen molar-refractivity contribution in [1.82, 2.24) is 0 Å². The summed E-state index contributed by atoms with van der Waals surface area (Å²) in [6.07, 6.45) is 7.67. The van der Waals surface area contributed by atoms with Crippen molar-refractivity contribution in [3.05, 3.63) is 30.3 Å². The lowest BCUT2D eigenvalue weighted by Gasteiger charge is -2.03. The first-order valence-corrected chi connectivity index (χ1v) is 8.68. The van der Waals surface area contributed by atoms with E-state index in [9.17, 15) is 4.79 Å². The normalized spacial score (nSPS) is 10.5. The maximum Gasteiger partial charge on any atom is 0.394 e. The molecule has 0 radical (unpaired) electrons. The van der Waals surface area contributed by atoms with Gasteiger partial charge in [-0.1, -0.05) is 57.2 Å². The lowest BCUT2D eigenvalue weighted by molar-refractivity contribution is -0.134. The van der Waals surface area contributed by atoms with Gasteiger partial charge in [-0.25, -0.2) is 0 Å². The molecule has 0 unspecified atom stereocenters. The van der Waals surface area contributed by atoms with E-state index < -0.39 is 10.4 Å². The Labute approximate surface area is 132 Å². The molecular weight excluding hydrogens is 308 g/mol. The lowest BCUT2D eigenvalue weighted by Crippen LogP contribution is -2.07. The highest BCUT2D eigenvalue weighted by Gasteiger charge is 2.03. The van der Waals surface area contributed by atoms with Gasteiger partial charge in [0.1, 0.15) is 5.75 Å². The van der Waals surface area contributed by atoms with E-state index in [0.717, 1.165) is 12.8 Å². The molecule has 22 heavy (non-hydrogen) atoms. The summed E-state index contributed by atoms with van der Waals surface area (Å²) in [5.74, 6) is 0.523. The van der Waals surface area contributed by atoms with Crippen molar-refractivity contribution in [1.29, 1.82) is 0 Å². The maximum atomic E-state index is 11.5. The minimum absolute atomic E-state index is 0.119. The summed E-state index contributed by atoms with van der Waals surface area (Å²) in [5, 5.41) is 0. The van der Waals surface area contributed by atoms with Crippen LogP contribution in [0.4, 0.5) is 0 Å². The summed E-state index contributed by atoms with van der Waals surface area (Å²) in [4.78, 5) is 11.5. The number of para-hydroxylation sites is 1. The Hall–Kier alpha value is -1.44. The molecule has 6 nitrogen and oxygen atoms in total. The van der Waals surface area contributed by atoms with Gasteiger partial charge in [0, 0.05) is 6.42 Å². The highest BCUT2D eigenvalue weighted by Crippen LogP contribution is 2.11. The number of hydrogen-bond donors (Lipinski definition) is 2. The number of hydrogen-bond acceptors (Lipinski definition) is 4. The Morgan fingerprint density at radius 2 is 1.50 bits per heavy atom. The molecule has 1 aromatic carbocycles. The van der Waals surface area contributed by atoms with Crippen molar-refractivity contribution in [2.45, 2.75) is 51.9 Å². The third-order valence-electron chi connectivity index (χ3n) is 2.71.